The van der Waals surface area contributed by atoms with Crippen LogP contribution in [0.4, 0.5) is 5.69 Å². The zero-order valence-electron chi connectivity index (χ0n) is 11.3. The zero-order chi connectivity index (χ0) is 13.7. The van der Waals surface area contributed by atoms with Gasteiger partial charge in [0.1, 0.15) is 0 Å². The summed E-state index contributed by atoms with van der Waals surface area (Å²) in [7, 11) is 0. The highest BCUT2D eigenvalue weighted by Gasteiger charge is 2.01. The van der Waals surface area contributed by atoms with Crippen LogP contribution in [-0.4, -0.2) is 9.78 Å². The summed E-state index contributed by atoms with van der Waals surface area (Å²) in [6.45, 7) is 4.97. The van der Waals surface area contributed by atoms with Gasteiger partial charge in [0.2, 0.25) is 0 Å². The molecule has 0 unspecified atom stereocenters. The van der Waals surface area contributed by atoms with E-state index in [-0.39, 0.29) is 0 Å². The fourth-order valence-electron chi connectivity index (χ4n) is 1.79. The molecule has 0 fully saturated rings. The molecule has 19 heavy (non-hydrogen) atoms. The first kappa shape index (κ1) is 13.2. The number of anilines is 1. The molecule has 0 saturated heterocycles. The number of rotatable bonds is 5. The summed E-state index contributed by atoms with van der Waals surface area (Å²) in [5.41, 5.74) is 3.26. The molecule has 1 N–H and O–H groups in total. The molecule has 1 aromatic heterocycles. The van der Waals surface area contributed by atoms with Crippen LogP contribution >= 0.6 is 0 Å². The lowest BCUT2D eigenvalue weighted by molar-refractivity contribution is 0.532. The smallest absolute Gasteiger partial charge is 0.0669 e. The maximum Gasteiger partial charge on any atom is 0.0669 e. The Morgan fingerprint density at radius 2 is 2.00 bits per heavy atom. The van der Waals surface area contributed by atoms with Crippen molar-refractivity contribution in [3.63, 3.8) is 0 Å². The van der Waals surface area contributed by atoms with Crippen LogP contribution in [0.25, 0.3) is 0 Å². The van der Waals surface area contributed by atoms with Crippen molar-refractivity contribution >= 4 is 5.69 Å². The molecule has 0 aliphatic heterocycles. The van der Waals surface area contributed by atoms with Crippen LogP contribution < -0.4 is 5.32 Å². The predicted octanol–water partition coefficient (Wildman–Crippen LogP) is 3.14. The summed E-state index contributed by atoms with van der Waals surface area (Å²) in [5.74, 6) is 0. The lowest BCUT2D eigenvalue weighted by Crippen LogP contribution is -2.01. The van der Waals surface area contributed by atoms with E-state index in [1.165, 1.54) is 0 Å². The Labute approximate surface area is 113 Å². The molecule has 0 aliphatic rings. The first-order valence-corrected chi connectivity index (χ1v) is 6.42. The van der Waals surface area contributed by atoms with Crippen molar-refractivity contribution in [2.75, 3.05) is 5.32 Å². The van der Waals surface area contributed by atoms with Crippen molar-refractivity contribution in [2.45, 2.75) is 32.9 Å². The van der Waals surface area contributed by atoms with Crippen molar-refractivity contribution in [1.29, 1.82) is 5.26 Å². The minimum atomic E-state index is 0.388. The molecule has 0 radical (unpaired) electrons. The average Bonchev–Trinajstić information content (AvgIpc) is 2.87. The van der Waals surface area contributed by atoms with E-state index < -0.39 is 0 Å². The fraction of sp³-hybridized carbons (Fsp3) is 0.333. The third-order valence-electron chi connectivity index (χ3n) is 2.92. The van der Waals surface area contributed by atoms with Gasteiger partial charge in [-0.2, -0.15) is 10.4 Å². The number of nitriles is 1. The predicted molar refractivity (Wildman–Crippen MR) is 75.7 cm³/mol. The summed E-state index contributed by atoms with van der Waals surface area (Å²) in [6, 6.07) is 10.5. The van der Waals surface area contributed by atoms with Crippen molar-refractivity contribution in [1.82, 2.24) is 9.78 Å². The number of nitrogens with zero attached hydrogens (tertiary/aromatic N) is 3. The highest BCUT2D eigenvalue weighted by atomic mass is 15.3. The Kier molecular flexibility index (Phi) is 4.19. The van der Waals surface area contributed by atoms with Gasteiger partial charge in [0, 0.05) is 30.0 Å². The molecular weight excluding hydrogens is 236 g/mol. The second-order valence-corrected chi connectivity index (χ2v) is 4.81. The molecule has 0 amide bonds. The van der Waals surface area contributed by atoms with E-state index in [1.807, 2.05) is 35.1 Å². The minimum Gasteiger partial charge on any atom is -0.381 e. The Morgan fingerprint density at radius 3 is 2.58 bits per heavy atom. The van der Waals surface area contributed by atoms with Crippen molar-refractivity contribution in [2.24, 2.45) is 0 Å². The second kappa shape index (κ2) is 6.05. The van der Waals surface area contributed by atoms with Crippen LogP contribution in [0.5, 0.6) is 0 Å². The standard InChI is InChI=1S/C15H18N4/c1-12(2)19-11-14(10-18-19)9-17-15-5-3-13(4-6-15)7-8-16/h3-6,10-12,17H,7,9H2,1-2H3. The molecule has 0 aliphatic carbocycles. The van der Waals surface area contributed by atoms with Gasteiger partial charge >= 0.3 is 0 Å². The Morgan fingerprint density at radius 1 is 1.26 bits per heavy atom. The molecule has 0 saturated carbocycles. The minimum absolute atomic E-state index is 0.388. The van der Waals surface area contributed by atoms with E-state index >= 15 is 0 Å². The van der Waals surface area contributed by atoms with Crippen LogP contribution in [-0.2, 0) is 13.0 Å². The molecule has 98 valence electrons. The zero-order valence-corrected chi connectivity index (χ0v) is 11.3. The Bertz CT molecular complexity index is 561. The molecule has 0 spiro atoms. The van der Waals surface area contributed by atoms with E-state index in [0.717, 1.165) is 23.4 Å². The van der Waals surface area contributed by atoms with Crippen LogP contribution in [0.15, 0.2) is 36.7 Å². The first-order valence-electron chi connectivity index (χ1n) is 6.42. The van der Waals surface area contributed by atoms with Gasteiger partial charge in [-0.25, -0.2) is 0 Å². The molecule has 2 rings (SSSR count). The number of aromatic nitrogens is 2. The van der Waals surface area contributed by atoms with Crippen LogP contribution in [0.2, 0.25) is 0 Å². The summed E-state index contributed by atoms with van der Waals surface area (Å²) in [5, 5.41) is 16.3. The van der Waals surface area contributed by atoms with Gasteiger partial charge in [-0.05, 0) is 31.5 Å². The maximum absolute atomic E-state index is 8.61. The lowest BCUT2D eigenvalue weighted by atomic mass is 10.1. The molecule has 4 heteroatoms. The van der Waals surface area contributed by atoms with E-state index in [9.17, 15) is 0 Å². The molecule has 1 heterocycles. The van der Waals surface area contributed by atoms with Crippen LogP contribution in [0.1, 0.15) is 31.0 Å². The van der Waals surface area contributed by atoms with E-state index in [4.69, 9.17) is 5.26 Å². The third-order valence-corrected chi connectivity index (χ3v) is 2.92. The molecule has 4 nitrogen and oxygen atoms in total. The SMILES string of the molecule is CC(C)n1cc(CNc2ccc(CC#N)cc2)cn1. The van der Waals surface area contributed by atoms with Gasteiger partial charge < -0.3 is 5.32 Å². The van der Waals surface area contributed by atoms with E-state index in [2.05, 4.69) is 36.5 Å². The van der Waals surface area contributed by atoms with Gasteiger partial charge in [0.15, 0.2) is 0 Å². The van der Waals surface area contributed by atoms with Crippen LogP contribution in [0.3, 0.4) is 0 Å². The van der Waals surface area contributed by atoms with Gasteiger partial charge in [-0.1, -0.05) is 12.1 Å². The van der Waals surface area contributed by atoms with E-state index in [1.54, 1.807) is 0 Å². The summed E-state index contributed by atoms with van der Waals surface area (Å²) < 4.78 is 1.95. The maximum atomic E-state index is 8.61. The van der Waals surface area contributed by atoms with Gasteiger partial charge in [-0.3, -0.25) is 4.68 Å². The van der Waals surface area contributed by atoms with Gasteiger partial charge in [0.05, 0.1) is 18.7 Å². The summed E-state index contributed by atoms with van der Waals surface area (Å²) >= 11 is 0. The van der Waals surface area contributed by atoms with Crippen molar-refractivity contribution < 1.29 is 0 Å². The number of nitrogens with one attached hydrogen (secondary N) is 1. The normalized spacial score (nSPS) is 10.4. The summed E-state index contributed by atoms with van der Waals surface area (Å²) in [6.07, 6.45) is 4.40. The number of hydrogen-bond acceptors (Lipinski definition) is 3. The third kappa shape index (κ3) is 3.59. The fourth-order valence-corrected chi connectivity index (χ4v) is 1.79. The largest absolute Gasteiger partial charge is 0.381 e. The summed E-state index contributed by atoms with van der Waals surface area (Å²) in [4.78, 5) is 0. The van der Waals surface area contributed by atoms with E-state index in [0.29, 0.717) is 12.5 Å². The molecule has 2 aromatic rings. The average molecular weight is 254 g/mol. The highest BCUT2D eigenvalue weighted by Crippen LogP contribution is 2.12. The molecule has 1 aromatic carbocycles. The highest BCUT2D eigenvalue weighted by molar-refractivity contribution is 5.45. The molecular formula is C15H18N4. The number of hydrogen-bond donors (Lipinski definition) is 1. The quantitative estimate of drug-likeness (QED) is 0.891. The lowest BCUT2D eigenvalue weighted by Gasteiger charge is -2.06. The van der Waals surface area contributed by atoms with Gasteiger partial charge in [0.25, 0.3) is 0 Å². The van der Waals surface area contributed by atoms with Crippen molar-refractivity contribution in [3.8, 4) is 6.07 Å². The molecule has 0 atom stereocenters. The van der Waals surface area contributed by atoms with Crippen molar-refractivity contribution in [3.05, 3.63) is 47.8 Å². The Hall–Kier alpha value is -2.28. The second-order valence-electron chi connectivity index (χ2n) is 4.81. The number of benzene rings is 1. The topological polar surface area (TPSA) is 53.6 Å². The van der Waals surface area contributed by atoms with Gasteiger partial charge in [-0.15, -0.1) is 0 Å². The Balaban J connectivity index is 1.92. The first-order chi connectivity index (χ1) is 9.19. The molecule has 0 bridgehead atoms. The van der Waals surface area contributed by atoms with Crippen LogP contribution in [0, 0.1) is 11.3 Å². The monoisotopic (exact) mass is 254 g/mol.